The van der Waals surface area contributed by atoms with E-state index in [9.17, 15) is 26.3 Å². The molecule has 0 saturated heterocycles. The molecule has 0 saturated carbocycles. The monoisotopic (exact) mass is 550 g/mol. The first-order valence-electron chi connectivity index (χ1n) is 11.9. The van der Waals surface area contributed by atoms with E-state index in [2.05, 4.69) is 23.7 Å². The van der Waals surface area contributed by atoms with Gasteiger partial charge in [-0.1, -0.05) is 49.7 Å². The first-order chi connectivity index (χ1) is 18.6. The van der Waals surface area contributed by atoms with Gasteiger partial charge in [0.1, 0.15) is 0 Å². The molecule has 0 spiro atoms. The highest BCUT2D eigenvalue weighted by Gasteiger charge is 2.30. The molecule has 0 nitrogen and oxygen atoms in total. The van der Waals surface area contributed by atoms with Crippen molar-refractivity contribution in [1.82, 2.24) is 0 Å². The third-order valence-electron chi connectivity index (χ3n) is 5.60. The smallest absolute Gasteiger partial charge is 0.166 e. The summed E-state index contributed by atoms with van der Waals surface area (Å²) >= 11 is 1.56. The maximum atomic E-state index is 12.7. The predicted molar refractivity (Wildman–Crippen MR) is 146 cm³/mol. The van der Waals surface area contributed by atoms with Crippen molar-refractivity contribution < 1.29 is 26.3 Å². The van der Waals surface area contributed by atoms with Crippen LogP contribution in [0.3, 0.4) is 0 Å². The van der Waals surface area contributed by atoms with Gasteiger partial charge in [0.15, 0.2) is 0 Å². The minimum atomic E-state index is -4.38. The summed E-state index contributed by atoms with van der Waals surface area (Å²) in [6.45, 7) is 4.00. The van der Waals surface area contributed by atoms with E-state index in [1.165, 1.54) is 24.3 Å². The third-order valence-corrected chi connectivity index (χ3v) is 6.72. The van der Waals surface area contributed by atoms with Crippen LogP contribution in [0.15, 0.2) is 84.9 Å². The summed E-state index contributed by atoms with van der Waals surface area (Å²) in [7, 11) is 0. The summed E-state index contributed by atoms with van der Waals surface area (Å²) in [5, 5.41) is 2.09. The Morgan fingerprint density at radius 3 is 1.10 bits per heavy atom. The van der Waals surface area contributed by atoms with E-state index in [4.69, 9.17) is 0 Å². The quantitative estimate of drug-likeness (QED) is 0.133. The van der Waals surface area contributed by atoms with Crippen LogP contribution in [0.4, 0.5) is 26.3 Å². The highest BCUT2D eigenvalue weighted by Crippen LogP contribution is 2.35. The molecular weight excluding hydrogens is 530 g/mol. The Hall–Kier alpha value is -4.20. The Morgan fingerprint density at radius 2 is 0.769 bits per heavy atom. The Morgan fingerprint density at radius 1 is 0.462 bits per heavy atom. The lowest BCUT2D eigenvalue weighted by Gasteiger charge is -2.05. The van der Waals surface area contributed by atoms with Gasteiger partial charge in [-0.15, -0.1) is 11.3 Å². The van der Waals surface area contributed by atoms with Crippen LogP contribution in [0.25, 0.3) is 20.2 Å². The van der Waals surface area contributed by atoms with Crippen LogP contribution < -0.4 is 0 Å². The fourth-order valence-corrected chi connectivity index (χ4v) is 4.89. The molecule has 0 N–H and O–H groups in total. The van der Waals surface area contributed by atoms with Crippen LogP contribution in [0.2, 0.25) is 0 Å². The van der Waals surface area contributed by atoms with Crippen molar-refractivity contribution in [3.63, 3.8) is 0 Å². The van der Waals surface area contributed by atoms with E-state index in [1.807, 2.05) is 50.2 Å². The molecule has 0 radical (unpaired) electrons. The van der Waals surface area contributed by atoms with Gasteiger partial charge in [0.05, 0.1) is 11.1 Å². The molecule has 0 atom stereocenters. The molecule has 0 unspecified atom stereocenters. The van der Waals surface area contributed by atoms with Crippen LogP contribution in [-0.4, -0.2) is 0 Å². The fourth-order valence-electron chi connectivity index (χ4n) is 3.71. The molecule has 0 bridgehead atoms. The molecule has 0 fully saturated rings. The van der Waals surface area contributed by atoms with E-state index >= 15 is 0 Å². The second-order valence-corrected chi connectivity index (χ2v) is 9.26. The molecule has 0 aliphatic heterocycles. The first-order valence-corrected chi connectivity index (χ1v) is 12.7. The topological polar surface area (TPSA) is 0 Å². The number of hydrogen-bond donors (Lipinski definition) is 0. The molecule has 5 aromatic rings. The molecule has 0 aliphatic carbocycles. The Bertz CT molecular complexity index is 1600. The average molecular weight is 551 g/mol. The largest absolute Gasteiger partial charge is 0.416 e. The predicted octanol–water partition coefficient (Wildman–Crippen LogP) is 9.92. The maximum Gasteiger partial charge on any atom is 0.416 e. The first kappa shape index (κ1) is 27.8. The van der Waals surface area contributed by atoms with Crippen LogP contribution in [0, 0.1) is 23.7 Å². The van der Waals surface area contributed by atoms with E-state index in [0.717, 1.165) is 55.6 Å². The van der Waals surface area contributed by atoms with Crippen LogP contribution in [-0.2, 0) is 12.4 Å². The van der Waals surface area contributed by atoms with Crippen molar-refractivity contribution in [1.29, 1.82) is 0 Å². The number of thiophene rings is 1. The normalized spacial score (nSPS) is 11.2. The van der Waals surface area contributed by atoms with Gasteiger partial charge < -0.3 is 0 Å². The number of hydrogen-bond acceptors (Lipinski definition) is 1. The van der Waals surface area contributed by atoms with Gasteiger partial charge in [-0.05, 0) is 72.8 Å². The summed E-state index contributed by atoms with van der Waals surface area (Å²) in [5.41, 5.74) is 1.02. The molecule has 5 rings (SSSR count). The highest BCUT2D eigenvalue weighted by molar-refractivity contribution is 7.25. The lowest BCUT2D eigenvalue weighted by atomic mass is 10.1. The Kier molecular flexibility index (Phi) is 8.04. The van der Waals surface area contributed by atoms with Crippen LogP contribution in [0.1, 0.15) is 47.2 Å². The zero-order valence-corrected chi connectivity index (χ0v) is 21.6. The summed E-state index contributed by atoms with van der Waals surface area (Å²) in [5.74, 6) is 11.8. The summed E-state index contributed by atoms with van der Waals surface area (Å²) in [6.07, 6.45) is -8.77. The van der Waals surface area contributed by atoms with Crippen molar-refractivity contribution in [3.8, 4) is 23.7 Å². The summed E-state index contributed by atoms with van der Waals surface area (Å²) < 4.78 is 78.4. The van der Waals surface area contributed by atoms with Crippen molar-refractivity contribution in [2.24, 2.45) is 0 Å². The van der Waals surface area contributed by atoms with Gasteiger partial charge in [0, 0.05) is 42.4 Å². The maximum absolute atomic E-state index is 12.7. The molecule has 0 amide bonds. The van der Waals surface area contributed by atoms with Crippen molar-refractivity contribution in [2.45, 2.75) is 26.2 Å². The lowest BCUT2D eigenvalue weighted by molar-refractivity contribution is -0.138. The summed E-state index contributed by atoms with van der Waals surface area (Å²) in [6, 6.07) is 21.0. The third kappa shape index (κ3) is 6.63. The Balaban J connectivity index is 0.00000172. The van der Waals surface area contributed by atoms with E-state index in [1.54, 1.807) is 11.3 Å². The van der Waals surface area contributed by atoms with Gasteiger partial charge in [0.25, 0.3) is 0 Å². The number of fused-ring (bicyclic) bond motifs is 3. The van der Waals surface area contributed by atoms with Gasteiger partial charge in [-0.2, -0.15) is 26.3 Å². The van der Waals surface area contributed by atoms with Crippen molar-refractivity contribution in [3.05, 3.63) is 118 Å². The minimum absolute atomic E-state index is 0.487. The second-order valence-electron chi connectivity index (χ2n) is 8.17. The SMILES string of the molecule is CC.FC(F)(F)c1ccc(C#Cc2ccc3c(c2)sc2cc(C#Cc4ccc(C(F)(F)F)cc4)ccc23)cc1. The fraction of sp³-hybridized carbons (Fsp3) is 0.125. The molecular formula is C32H20F6S. The van der Waals surface area contributed by atoms with Gasteiger partial charge >= 0.3 is 12.4 Å². The second kappa shape index (κ2) is 11.3. The van der Waals surface area contributed by atoms with E-state index < -0.39 is 23.5 Å². The highest BCUT2D eigenvalue weighted by atomic mass is 32.1. The van der Waals surface area contributed by atoms with Gasteiger partial charge in [-0.25, -0.2) is 0 Å². The zero-order chi connectivity index (χ0) is 28.2. The molecule has 196 valence electrons. The van der Waals surface area contributed by atoms with E-state index in [0.29, 0.717) is 11.1 Å². The lowest BCUT2D eigenvalue weighted by Crippen LogP contribution is -2.04. The molecule has 4 aromatic carbocycles. The minimum Gasteiger partial charge on any atom is -0.166 e. The molecule has 7 heteroatoms. The number of alkyl halides is 6. The average Bonchev–Trinajstić information content (AvgIpc) is 3.28. The standard InChI is InChI=1S/C30H14F6S.C2H6/c31-29(32,33)23-11-5-19(6-12-23)1-3-21-9-15-25-26-16-10-22(18-28(26)37-27(25)17-21)4-2-20-7-13-24(14-8-20)30(34,35)36;1-2/h5-18H;1-2H3. The van der Waals surface area contributed by atoms with Gasteiger partial charge in [-0.3, -0.25) is 0 Å². The number of halogens is 6. The number of benzene rings is 4. The van der Waals surface area contributed by atoms with Crippen molar-refractivity contribution in [2.75, 3.05) is 0 Å². The molecule has 1 aromatic heterocycles. The van der Waals surface area contributed by atoms with E-state index in [-0.39, 0.29) is 0 Å². The molecule has 0 aliphatic rings. The molecule has 39 heavy (non-hydrogen) atoms. The summed E-state index contributed by atoms with van der Waals surface area (Å²) in [4.78, 5) is 0. The van der Waals surface area contributed by atoms with Crippen LogP contribution >= 0.6 is 11.3 Å². The molecule has 1 heterocycles. The van der Waals surface area contributed by atoms with Crippen molar-refractivity contribution >= 4 is 31.5 Å². The Labute approximate surface area is 225 Å². The van der Waals surface area contributed by atoms with Gasteiger partial charge in [0.2, 0.25) is 0 Å². The zero-order valence-electron chi connectivity index (χ0n) is 20.8. The van der Waals surface area contributed by atoms with Crippen LogP contribution in [0.5, 0.6) is 0 Å². The number of rotatable bonds is 0.